The van der Waals surface area contributed by atoms with Crippen molar-refractivity contribution in [3.05, 3.63) is 77.4 Å². The third-order valence-electron chi connectivity index (χ3n) is 5.60. The number of halogens is 3. The average molecular weight is 525 g/mol. The zero-order valence-corrected chi connectivity index (χ0v) is 20.3. The lowest BCUT2D eigenvalue weighted by molar-refractivity contribution is -0.274. The maximum absolute atomic E-state index is 13.1. The molecule has 3 aromatic heterocycles. The number of benzene rings is 2. The second kappa shape index (κ2) is 9.25. The van der Waals surface area contributed by atoms with Gasteiger partial charge in [0, 0.05) is 53.2 Å². The maximum atomic E-state index is 13.1. The largest absolute Gasteiger partial charge is 0.573 e. The van der Waals surface area contributed by atoms with Crippen LogP contribution in [-0.2, 0) is 0 Å². The Labute approximate surface area is 212 Å². The van der Waals surface area contributed by atoms with Crippen molar-refractivity contribution < 1.29 is 27.5 Å². The first kappa shape index (κ1) is 24.3. The van der Waals surface area contributed by atoms with Gasteiger partial charge in [0.25, 0.3) is 11.8 Å². The Morgan fingerprint density at radius 1 is 1.08 bits per heavy atom. The Kier molecular flexibility index (Phi) is 6.08. The first-order valence-corrected chi connectivity index (χ1v) is 11.8. The molecule has 0 spiro atoms. The number of aromatic amines is 1. The zero-order valence-electron chi connectivity index (χ0n) is 19.5. The van der Waals surface area contributed by atoms with E-state index >= 15 is 0 Å². The molecule has 3 heterocycles. The first-order valence-electron chi connectivity index (χ1n) is 11.0. The highest BCUT2D eigenvalue weighted by Crippen LogP contribution is 2.35. The highest BCUT2D eigenvalue weighted by molar-refractivity contribution is 7.21. The van der Waals surface area contributed by atoms with Crippen molar-refractivity contribution in [2.75, 3.05) is 19.4 Å². The second-order valence-electron chi connectivity index (χ2n) is 8.38. The van der Waals surface area contributed by atoms with Crippen molar-refractivity contribution >= 4 is 50.0 Å². The SMILES string of the molecule is CN(C)C(=O)c1cc(NC(=O)c2cc3c(-c4cnc5[nH]ccc5c4)cccc3s2)ccc1OC(F)(F)F. The number of hydrogen-bond donors (Lipinski definition) is 2. The fourth-order valence-corrected chi connectivity index (χ4v) is 4.92. The van der Waals surface area contributed by atoms with E-state index < -0.39 is 23.9 Å². The number of pyridine rings is 1. The number of anilines is 1. The molecule has 0 radical (unpaired) electrons. The van der Waals surface area contributed by atoms with Gasteiger partial charge in [-0.15, -0.1) is 24.5 Å². The van der Waals surface area contributed by atoms with Crippen LogP contribution in [0.3, 0.4) is 0 Å². The maximum Gasteiger partial charge on any atom is 0.573 e. The molecule has 0 saturated carbocycles. The predicted octanol–water partition coefficient (Wildman–Crippen LogP) is 6.30. The molecule has 0 bridgehead atoms. The van der Waals surface area contributed by atoms with Crippen LogP contribution in [0.15, 0.2) is 67.0 Å². The van der Waals surface area contributed by atoms with E-state index in [2.05, 4.69) is 20.0 Å². The zero-order chi connectivity index (χ0) is 26.3. The van der Waals surface area contributed by atoms with Crippen LogP contribution in [-0.4, -0.2) is 47.1 Å². The van der Waals surface area contributed by atoms with Gasteiger partial charge in [0.1, 0.15) is 11.4 Å². The van der Waals surface area contributed by atoms with Crippen molar-refractivity contribution in [2.45, 2.75) is 6.36 Å². The van der Waals surface area contributed by atoms with Gasteiger partial charge in [-0.1, -0.05) is 12.1 Å². The summed E-state index contributed by atoms with van der Waals surface area (Å²) in [6.45, 7) is 0. The van der Waals surface area contributed by atoms with Crippen LogP contribution >= 0.6 is 11.3 Å². The number of carbonyl (C=O) groups is 2. The molecule has 0 aliphatic rings. The molecule has 0 aliphatic carbocycles. The van der Waals surface area contributed by atoms with E-state index in [0.29, 0.717) is 4.88 Å². The van der Waals surface area contributed by atoms with Crippen LogP contribution in [0.5, 0.6) is 5.75 Å². The molecule has 188 valence electrons. The molecule has 0 aliphatic heterocycles. The minimum Gasteiger partial charge on any atom is -0.405 e. The molecule has 2 N–H and O–H groups in total. The van der Waals surface area contributed by atoms with Gasteiger partial charge in [0.05, 0.1) is 10.4 Å². The van der Waals surface area contributed by atoms with Crippen molar-refractivity contribution in [2.24, 2.45) is 0 Å². The Morgan fingerprint density at radius 2 is 1.89 bits per heavy atom. The number of thiophene rings is 1. The van der Waals surface area contributed by atoms with Crippen LogP contribution in [0.1, 0.15) is 20.0 Å². The summed E-state index contributed by atoms with van der Waals surface area (Å²) in [6, 6.07) is 14.9. The number of carbonyl (C=O) groups excluding carboxylic acids is 2. The van der Waals surface area contributed by atoms with E-state index in [9.17, 15) is 22.8 Å². The van der Waals surface area contributed by atoms with E-state index in [1.807, 2.05) is 36.5 Å². The number of aromatic nitrogens is 2. The van der Waals surface area contributed by atoms with Crippen molar-refractivity contribution in [3.8, 4) is 16.9 Å². The minimum atomic E-state index is -4.97. The molecular weight excluding hydrogens is 505 g/mol. The van der Waals surface area contributed by atoms with Gasteiger partial charge in [-0.3, -0.25) is 9.59 Å². The standard InChI is InChI=1S/C26H19F3N4O3S/c1-33(2)25(35)19-11-16(6-7-20(19)36-26(27,28)29)32-24(34)22-12-18-17(4-3-5-21(18)37-22)15-10-14-8-9-30-23(14)31-13-15/h3-13H,1-2H3,(H,30,31)(H,32,34). The first-order chi connectivity index (χ1) is 17.6. The van der Waals surface area contributed by atoms with Gasteiger partial charge < -0.3 is 19.9 Å². The van der Waals surface area contributed by atoms with E-state index in [0.717, 1.165) is 49.3 Å². The summed E-state index contributed by atoms with van der Waals surface area (Å²) in [5, 5.41) is 4.50. The fraction of sp³-hybridized carbons (Fsp3) is 0.115. The number of amides is 2. The number of nitrogens with zero attached hydrogens (tertiary/aromatic N) is 2. The number of fused-ring (bicyclic) bond motifs is 2. The molecular formula is C26H19F3N4O3S. The van der Waals surface area contributed by atoms with E-state index in [-0.39, 0.29) is 11.3 Å². The summed E-state index contributed by atoms with van der Waals surface area (Å²) < 4.78 is 43.3. The summed E-state index contributed by atoms with van der Waals surface area (Å²) >= 11 is 1.28. The van der Waals surface area contributed by atoms with Crippen LogP contribution < -0.4 is 10.1 Å². The van der Waals surface area contributed by atoms with Gasteiger partial charge in [0.2, 0.25) is 0 Å². The van der Waals surface area contributed by atoms with Gasteiger partial charge in [-0.05, 0) is 48.0 Å². The van der Waals surface area contributed by atoms with Crippen LogP contribution in [0.2, 0.25) is 0 Å². The molecule has 2 aromatic carbocycles. The molecule has 2 amide bonds. The Hall–Kier alpha value is -4.38. The van der Waals surface area contributed by atoms with Gasteiger partial charge in [-0.25, -0.2) is 4.98 Å². The lowest BCUT2D eigenvalue weighted by atomic mass is 10.0. The molecule has 37 heavy (non-hydrogen) atoms. The molecule has 5 rings (SSSR count). The Morgan fingerprint density at radius 3 is 2.65 bits per heavy atom. The lowest BCUT2D eigenvalue weighted by Crippen LogP contribution is -2.25. The minimum absolute atomic E-state index is 0.157. The van der Waals surface area contributed by atoms with E-state index in [4.69, 9.17) is 0 Å². The third-order valence-corrected chi connectivity index (χ3v) is 6.70. The second-order valence-corrected chi connectivity index (χ2v) is 9.46. The van der Waals surface area contributed by atoms with Gasteiger partial charge >= 0.3 is 6.36 Å². The van der Waals surface area contributed by atoms with E-state index in [1.165, 1.54) is 31.5 Å². The van der Waals surface area contributed by atoms with Crippen molar-refractivity contribution in [3.63, 3.8) is 0 Å². The molecule has 7 nitrogen and oxygen atoms in total. The summed E-state index contributed by atoms with van der Waals surface area (Å²) in [4.78, 5) is 34.6. The molecule has 5 aromatic rings. The molecule has 11 heteroatoms. The van der Waals surface area contributed by atoms with Gasteiger partial charge in [-0.2, -0.15) is 0 Å². The third kappa shape index (κ3) is 4.98. The smallest absolute Gasteiger partial charge is 0.405 e. The number of rotatable bonds is 5. The van der Waals surface area contributed by atoms with Crippen LogP contribution in [0, 0.1) is 0 Å². The number of ether oxygens (including phenoxy) is 1. The van der Waals surface area contributed by atoms with Gasteiger partial charge in [0.15, 0.2) is 0 Å². The fourth-order valence-electron chi connectivity index (χ4n) is 3.93. The summed E-state index contributed by atoms with van der Waals surface area (Å²) in [5.74, 6) is -1.81. The molecule has 0 saturated heterocycles. The highest BCUT2D eigenvalue weighted by atomic mass is 32.1. The molecule has 0 atom stereocenters. The summed E-state index contributed by atoms with van der Waals surface area (Å²) in [7, 11) is 2.81. The summed E-state index contributed by atoms with van der Waals surface area (Å²) in [6.07, 6.45) is -1.39. The van der Waals surface area contributed by atoms with Crippen LogP contribution in [0.4, 0.5) is 18.9 Å². The monoisotopic (exact) mass is 524 g/mol. The lowest BCUT2D eigenvalue weighted by Gasteiger charge is -2.17. The number of H-pyrrole nitrogens is 1. The average Bonchev–Trinajstić information content (AvgIpc) is 3.50. The molecule has 0 unspecified atom stereocenters. The topological polar surface area (TPSA) is 87.3 Å². The predicted molar refractivity (Wildman–Crippen MR) is 136 cm³/mol. The molecule has 0 fully saturated rings. The quantitative estimate of drug-likeness (QED) is 0.283. The van der Waals surface area contributed by atoms with Crippen molar-refractivity contribution in [1.29, 1.82) is 0 Å². The van der Waals surface area contributed by atoms with E-state index in [1.54, 1.807) is 12.3 Å². The Bertz CT molecular complexity index is 1660. The van der Waals surface area contributed by atoms with Crippen LogP contribution in [0.25, 0.3) is 32.2 Å². The Balaban J connectivity index is 1.46. The van der Waals surface area contributed by atoms with Crippen molar-refractivity contribution in [1.82, 2.24) is 14.9 Å². The number of nitrogens with one attached hydrogen (secondary N) is 2. The number of alkyl halides is 3. The summed E-state index contributed by atoms with van der Waals surface area (Å²) in [5.41, 5.74) is 2.42. The highest BCUT2D eigenvalue weighted by Gasteiger charge is 2.33. The number of hydrogen-bond acceptors (Lipinski definition) is 5. The normalized spacial score (nSPS) is 11.6.